The second kappa shape index (κ2) is 17.6. The first kappa shape index (κ1) is 37.7. The summed E-state index contributed by atoms with van der Waals surface area (Å²) in [5, 5.41) is 12.3. The number of aliphatic hydroxyl groups is 1. The van der Waals surface area contributed by atoms with E-state index in [2.05, 4.69) is 23.4 Å². The molecule has 4 aliphatic heterocycles. The minimum absolute atomic E-state index is 0.0476. The monoisotopic (exact) mass is 694 g/mol. The van der Waals surface area contributed by atoms with Crippen molar-refractivity contribution in [3.05, 3.63) is 61.2 Å². The quantitative estimate of drug-likeness (QED) is 0.127. The number of unbranched alkanes of at least 4 members (excludes halogenated alkanes) is 2. The van der Waals surface area contributed by atoms with E-state index >= 15 is 0 Å². The van der Waals surface area contributed by atoms with Crippen LogP contribution in [-0.4, -0.2) is 126 Å². The number of allylic oxidation sites excluding steroid dienone is 1. The molecule has 3 amide bonds. The Bertz CT molecular complexity index is 1350. The minimum atomic E-state index is -1.16. The number of benzene rings is 1. The number of fused-ring (bicyclic) bond motifs is 1. The van der Waals surface area contributed by atoms with E-state index in [0.29, 0.717) is 83.5 Å². The molecule has 12 nitrogen and oxygen atoms in total. The highest BCUT2D eigenvalue weighted by atomic mass is 16.6. The molecule has 0 saturated carbocycles. The summed E-state index contributed by atoms with van der Waals surface area (Å²) in [6.07, 6.45) is 5.66. The fourth-order valence-corrected chi connectivity index (χ4v) is 8.16. The largest absolute Gasteiger partial charge is 0.455 e. The molecule has 4 aliphatic rings. The number of rotatable bonds is 19. The molecule has 7 atom stereocenters. The molecular formula is C38H54N4O8. The molecule has 50 heavy (non-hydrogen) atoms. The van der Waals surface area contributed by atoms with E-state index in [4.69, 9.17) is 14.2 Å². The molecule has 0 radical (unpaired) electrons. The Labute approximate surface area is 295 Å². The van der Waals surface area contributed by atoms with Crippen molar-refractivity contribution in [1.29, 1.82) is 0 Å². The van der Waals surface area contributed by atoms with E-state index in [-0.39, 0.29) is 30.7 Å². The third kappa shape index (κ3) is 8.14. The average molecular weight is 695 g/mol. The maximum absolute atomic E-state index is 14.6. The van der Waals surface area contributed by atoms with Gasteiger partial charge in [0, 0.05) is 52.3 Å². The number of likely N-dealkylation sites (tertiary alicyclic amines) is 1. The summed E-state index contributed by atoms with van der Waals surface area (Å²) in [4.78, 5) is 61.8. The van der Waals surface area contributed by atoms with Crippen molar-refractivity contribution in [2.24, 2.45) is 11.8 Å². The van der Waals surface area contributed by atoms with Crippen LogP contribution in [0.2, 0.25) is 0 Å². The molecule has 4 heterocycles. The zero-order chi connectivity index (χ0) is 35.7. The van der Waals surface area contributed by atoms with Crippen LogP contribution < -0.4 is 5.32 Å². The zero-order valence-electron chi connectivity index (χ0n) is 29.4. The Morgan fingerprint density at radius 1 is 1.12 bits per heavy atom. The lowest BCUT2D eigenvalue weighted by Crippen LogP contribution is -2.57. The van der Waals surface area contributed by atoms with Gasteiger partial charge in [-0.05, 0) is 51.0 Å². The summed E-state index contributed by atoms with van der Waals surface area (Å²) < 4.78 is 18.4. The van der Waals surface area contributed by atoms with Crippen LogP contribution in [-0.2, 0) is 33.4 Å². The van der Waals surface area contributed by atoms with Gasteiger partial charge in [-0.1, -0.05) is 42.5 Å². The van der Waals surface area contributed by atoms with Gasteiger partial charge in [0.05, 0.1) is 37.2 Å². The fraction of sp³-hybridized carbons (Fsp3) is 0.632. The Balaban J connectivity index is 1.40. The maximum atomic E-state index is 14.6. The van der Waals surface area contributed by atoms with Crippen molar-refractivity contribution >= 4 is 23.7 Å². The van der Waals surface area contributed by atoms with E-state index in [1.165, 1.54) is 0 Å². The third-order valence-corrected chi connectivity index (χ3v) is 10.6. The van der Waals surface area contributed by atoms with Gasteiger partial charge in [0.15, 0.2) is 0 Å². The van der Waals surface area contributed by atoms with E-state index < -0.39 is 47.7 Å². The van der Waals surface area contributed by atoms with Gasteiger partial charge in [-0.3, -0.25) is 24.1 Å². The van der Waals surface area contributed by atoms with Crippen LogP contribution in [0.4, 0.5) is 0 Å². The predicted octanol–water partition coefficient (Wildman–Crippen LogP) is 2.63. The van der Waals surface area contributed by atoms with Crippen LogP contribution >= 0.6 is 0 Å². The number of ether oxygens (including phenoxy) is 3. The molecule has 0 aromatic heterocycles. The van der Waals surface area contributed by atoms with Crippen molar-refractivity contribution in [2.75, 3.05) is 59.1 Å². The number of morpholine rings is 1. The first-order valence-corrected chi connectivity index (χ1v) is 18.2. The number of esters is 1. The smallest absolute Gasteiger partial charge is 0.313 e. The van der Waals surface area contributed by atoms with Crippen molar-refractivity contribution in [1.82, 2.24) is 20.0 Å². The van der Waals surface area contributed by atoms with Gasteiger partial charge >= 0.3 is 5.97 Å². The minimum Gasteiger partial charge on any atom is -0.455 e. The topological polar surface area (TPSA) is 138 Å². The van der Waals surface area contributed by atoms with Crippen molar-refractivity contribution < 1.29 is 38.5 Å². The van der Waals surface area contributed by atoms with Gasteiger partial charge in [0.2, 0.25) is 17.7 Å². The second-order valence-electron chi connectivity index (χ2n) is 13.9. The van der Waals surface area contributed by atoms with Crippen LogP contribution in [0.5, 0.6) is 0 Å². The SMILES string of the molecule is C=CCCC(=O)N[C@@H](C)[C@H](OC(=O)[C@@H]1[C@H]2C(=O)N(CCCCCO)[C@H](C(=O)N(CC=C)CCN3CCOCC3)[C@]23CC[C@H]1O3)c1ccccc1. The summed E-state index contributed by atoms with van der Waals surface area (Å²) in [6, 6.07) is 7.80. The van der Waals surface area contributed by atoms with Crippen LogP contribution in [0.1, 0.15) is 63.5 Å². The third-order valence-electron chi connectivity index (χ3n) is 10.6. The van der Waals surface area contributed by atoms with Gasteiger partial charge in [-0.2, -0.15) is 0 Å². The maximum Gasteiger partial charge on any atom is 0.313 e. The first-order chi connectivity index (χ1) is 24.2. The van der Waals surface area contributed by atoms with Gasteiger partial charge in [-0.25, -0.2) is 0 Å². The summed E-state index contributed by atoms with van der Waals surface area (Å²) in [7, 11) is 0. The number of amides is 3. The average Bonchev–Trinajstić information content (AvgIpc) is 3.77. The van der Waals surface area contributed by atoms with Crippen LogP contribution in [0.25, 0.3) is 0 Å². The van der Waals surface area contributed by atoms with Gasteiger partial charge in [-0.15, -0.1) is 13.2 Å². The Kier molecular flexibility index (Phi) is 13.2. The normalized spacial score (nSPS) is 27.0. The van der Waals surface area contributed by atoms with Crippen LogP contribution in [0.3, 0.4) is 0 Å². The van der Waals surface area contributed by atoms with Crippen molar-refractivity contribution in [2.45, 2.75) is 81.8 Å². The van der Waals surface area contributed by atoms with Crippen molar-refractivity contribution in [3.63, 3.8) is 0 Å². The number of nitrogens with zero attached hydrogens (tertiary/aromatic N) is 3. The molecule has 2 N–H and O–H groups in total. The summed E-state index contributed by atoms with van der Waals surface area (Å²) in [5.41, 5.74) is -0.446. The molecule has 4 saturated heterocycles. The van der Waals surface area contributed by atoms with E-state index in [0.717, 1.165) is 13.1 Å². The highest BCUT2D eigenvalue weighted by Gasteiger charge is 2.75. The van der Waals surface area contributed by atoms with E-state index in [1.54, 1.807) is 28.9 Å². The number of hydrogen-bond donors (Lipinski definition) is 2. The first-order valence-electron chi connectivity index (χ1n) is 18.2. The molecule has 1 aromatic carbocycles. The van der Waals surface area contributed by atoms with Crippen molar-refractivity contribution in [3.8, 4) is 0 Å². The van der Waals surface area contributed by atoms with Crippen LogP contribution in [0, 0.1) is 11.8 Å². The lowest BCUT2D eigenvalue weighted by Gasteiger charge is -2.37. The standard InChI is InChI=1S/C38H54N4O8/c1-4-6-15-30(44)39-27(3)33(28-13-9-7-10-14-28)49-37(47)31-29-16-17-38(50-29)32(31)35(45)42(19-11-8-12-24-43)34(38)36(46)41(18-5-2)21-20-40-22-25-48-26-23-40/h4-5,7,9-10,13-14,27,29,31-34,43H,1-2,6,8,11-12,15-26H2,3H3,(H,39,44)/t27-,29+,31-,32-,33-,34+,38-/m0/s1. The Hall–Kier alpha value is -3.58. The summed E-state index contributed by atoms with van der Waals surface area (Å²) in [5.74, 6) is -3.00. The van der Waals surface area contributed by atoms with Gasteiger partial charge < -0.3 is 34.4 Å². The number of hydrogen-bond acceptors (Lipinski definition) is 9. The van der Waals surface area contributed by atoms with Gasteiger partial charge in [0.1, 0.15) is 17.7 Å². The summed E-state index contributed by atoms with van der Waals surface area (Å²) >= 11 is 0. The molecule has 0 unspecified atom stereocenters. The summed E-state index contributed by atoms with van der Waals surface area (Å²) in [6.45, 7) is 14.1. The number of carbonyl (C=O) groups excluding carboxylic acids is 4. The van der Waals surface area contributed by atoms with Crippen LogP contribution in [0.15, 0.2) is 55.6 Å². The molecule has 4 fully saturated rings. The fourth-order valence-electron chi connectivity index (χ4n) is 8.16. The Morgan fingerprint density at radius 3 is 2.58 bits per heavy atom. The molecule has 12 heteroatoms. The zero-order valence-corrected chi connectivity index (χ0v) is 29.4. The Morgan fingerprint density at radius 2 is 1.88 bits per heavy atom. The van der Waals surface area contributed by atoms with E-state index in [9.17, 15) is 24.3 Å². The molecular weight excluding hydrogens is 640 g/mol. The van der Waals surface area contributed by atoms with E-state index in [1.807, 2.05) is 30.3 Å². The predicted molar refractivity (Wildman–Crippen MR) is 187 cm³/mol. The highest BCUT2D eigenvalue weighted by molar-refractivity contribution is 5.98. The highest BCUT2D eigenvalue weighted by Crippen LogP contribution is 2.59. The lowest BCUT2D eigenvalue weighted by molar-refractivity contribution is -0.162. The lowest BCUT2D eigenvalue weighted by atomic mass is 9.70. The number of carbonyl (C=O) groups is 4. The molecule has 5 rings (SSSR count). The molecule has 1 aromatic rings. The van der Waals surface area contributed by atoms with Gasteiger partial charge in [0.25, 0.3) is 0 Å². The molecule has 2 bridgehead atoms. The number of aliphatic hydroxyl groups excluding tert-OH is 1. The molecule has 1 spiro atoms. The number of nitrogens with one attached hydrogen (secondary N) is 1. The molecule has 274 valence electrons. The molecule has 0 aliphatic carbocycles. The second-order valence-corrected chi connectivity index (χ2v) is 13.9.